The standard InChI is InChI=1S/C13H19NO2S2/c1-3-12-5-4-10-17(12)14-18(15,16)13-8-6-11(2)7-9-13/h6-9,12H,3-5,10H2,1-2H3/t12-,17?/m1/s1. The van der Waals surface area contributed by atoms with Crippen LogP contribution >= 0.6 is 0 Å². The van der Waals surface area contributed by atoms with Crippen molar-refractivity contribution in [2.24, 2.45) is 3.77 Å². The van der Waals surface area contributed by atoms with Crippen LogP contribution in [-0.2, 0) is 20.7 Å². The summed E-state index contributed by atoms with van der Waals surface area (Å²) in [5.41, 5.74) is 1.06. The topological polar surface area (TPSA) is 46.5 Å². The molecule has 1 aromatic rings. The number of hydrogen-bond donors (Lipinski definition) is 0. The van der Waals surface area contributed by atoms with E-state index in [0.717, 1.165) is 30.6 Å². The van der Waals surface area contributed by atoms with E-state index in [2.05, 4.69) is 10.7 Å². The fourth-order valence-corrected chi connectivity index (χ4v) is 6.37. The first kappa shape index (κ1) is 13.7. The predicted octanol–water partition coefficient (Wildman–Crippen LogP) is 3.06. The molecule has 1 aromatic carbocycles. The van der Waals surface area contributed by atoms with Crippen LogP contribution in [0.4, 0.5) is 0 Å². The minimum Gasteiger partial charge on any atom is -0.199 e. The van der Waals surface area contributed by atoms with E-state index in [1.54, 1.807) is 12.1 Å². The minimum absolute atomic E-state index is 0.303. The molecule has 0 amide bonds. The third kappa shape index (κ3) is 3.01. The van der Waals surface area contributed by atoms with Crippen molar-refractivity contribution >= 4 is 20.7 Å². The number of sulfonamides is 1. The van der Waals surface area contributed by atoms with E-state index in [-0.39, 0.29) is 10.7 Å². The average Bonchev–Trinajstić information content (AvgIpc) is 2.76. The van der Waals surface area contributed by atoms with Crippen LogP contribution in [0.3, 0.4) is 0 Å². The van der Waals surface area contributed by atoms with Gasteiger partial charge in [-0.3, -0.25) is 0 Å². The summed E-state index contributed by atoms with van der Waals surface area (Å²) in [6.07, 6.45) is 3.25. The molecule has 0 N–H and O–H groups in total. The zero-order valence-corrected chi connectivity index (χ0v) is 12.4. The van der Waals surface area contributed by atoms with Gasteiger partial charge in [-0.05, 0) is 38.3 Å². The number of nitrogens with zero attached hydrogens (tertiary/aromatic N) is 1. The number of benzene rings is 1. The molecule has 0 radical (unpaired) electrons. The molecule has 1 heterocycles. The van der Waals surface area contributed by atoms with Gasteiger partial charge in [-0.25, -0.2) is 0 Å². The lowest BCUT2D eigenvalue weighted by atomic mass is 10.2. The van der Waals surface area contributed by atoms with Crippen molar-refractivity contribution in [1.29, 1.82) is 0 Å². The lowest BCUT2D eigenvalue weighted by Gasteiger charge is -2.09. The molecule has 0 saturated carbocycles. The molecule has 1 fully saturated rings. The van der Waals surface area contributed by atoms with Gasteiger partial charge in [0.25, 0.3) is 10.0 Å². The van der Waals surface area contributed by atoms with Crippen LogP contribution in [-0.4, -0.2) is 19.4 Å². The van der Waals surface area contributed by atoms with Gasteiger partial charge in [0.2, 0.25) is 0 Å². The van der Waals surface area contributed by atoms with Gasteiger partial charge >= 0.3 is 0 Å². The lowest BCUT2D eigenvalue weighted by molar-refractivity contribution is 0.598. The van der Waals surface area contributed by atoms with Gasteiger partial charge in [-0.1, -0.05) is 35.3 Å². The quantitative estimate of drug-likeness (QED) is 0.857. The van der Waals surface area contributed by atoms with Crippen molar-refractivity contribution < 1.29 is 8.42 Å². The van der Waals surface area contributed by atoms with Crippen LogP contribution in [0.1, 0.15) is 31.7 Å². The van der Waals surface area contributed by atoms with Crippen LogP contribution in [0.15, 0.2) is 32.9 Å². The summed E-state index contributed by atoms with van der Waals surface area (Å²) in [5, 5.41) is 0.463. The second-order valence-corrected chi connectivity index (χ2v) is 8.54. The molecular formula is C13H19NO2S2. The minimum atomic E-state index is -3.47. The van der Waals surface area contributed by atoms with Crippen LogP contribution in [0.25, 0.3) is 0 Å². The summed E-state index contributed by atoms with van der Waals surface area (Å²) in [5.74, 6) is 0.934. The van der Waals surface area contributed by atoms with E-state index < -0.39 is 10.0 Å². The molecule has 100 valence electrons. The first-order chi connectivity index (χ1) is 8.53. The molecule has 0 aliphatic carbocycles. The SMILES string of the molecule is CC[C@@H]1CCCS1=NS(=O)(=O)c1ccc(C)cc1. The summed E-state index contributed by atoms with van der Waals surface area (Å²) in [6.45, 7) is 4.06. The molecule has 1 aliphatic heterocycles. The third-order valence-electron chi connectivity index (χ3n) is 3.23. The van der Waals surface area contributed by atoms with Crippen LogP contribution in [0, 0.1) is 6.92 Å². The van der Waals surface area contributed by atoms with Gasteiger partial charge in [0.05, 0.1) is 4.90 Å². The van der Waals surface area contributed by atoms with Crippen LogP contribution < -0.4 is 0 Å². The smallest absolute Gasteiger partial charge is 0.199 e. The molecule has 2 atom stereocenters. The van der Waals surface area contributed by atoms with Crippen LogP contribution in [0.5, 0.6) is 0 Å². The molecule has 0 spiro atoms. The Morgan fingerprint density at radius 3 is 2.61 bits per heavy atom. The Balaban J connectivity index is 2.32. The number of hydrogen-bond acceptors (Lipinski definition) is 2. The summed E-state index contributed by atoms with van der Waals surface area (Å²) in [4.78, 5) is 0.322. The molecule has 3 nitrogen and oxygen atoms in total. The monoisotopic (exact) mass is 285 g/mol. The molecule has 18 heavy (non-hydrogen) atoms. The molecule has 1 saturated heterocycles. The lowest BCUT2D eigenvalue weighted by Crippen LogP contribution is -2.09. The van der Waals surface area contributed by atoms with E-state index in [0.29, 0.717) is 10.1 Å². The third-order valence-corrected chi connectivity index (χ3v) is 7.70. The summed E-state index contributed by atoms with van der Waals surface area (Å²) >= 11 is 0. The second kappa shape index (κ2) is 5.53. The molecule has 5 heteroatoms. The maximum atomic E-state index is 12.2. The Bertz CT molecular complexity index is 547. The molecule has 0 aromatic heterocycles. The largest absolute Gasteiger partial charge is 0.287 e. The van der Waals surface area contributed by atoms with Gasteiger partial charge in [-0.15, -0.1) is 3.77 Å². The van der Waals surface area contributed by atoms with Crippen molar-refractivity contribution in [3.05, 3.63) is 29.8 Å². The van der Waals surface area contributed by atoms with Gasteiger partial charge < -0.3 is 0 Å². The van der Waals surface area contributed by atoms with Crippen molar-refractivity contribution in [2.45, 2.75) is 43.3 Å². The Hall–Kier alpha value is -0.680. The van der Waals surface area contributed by atoms with Crippen molar-refractivity contribution in [3.8, 4) is 0 Å². The Labute approximate surface area is 112 Å². The van der Waals surface area contributed by atoms with Gasteiger partial charge in [0.1, 0.15) is 0 Å². The highest BCUT2D eigenvalue weighted by atomic mass is 32.3. The van der Waals surface area contributed by atoms with E-state index in [9.17, 15) is 8.42 Å². The first-order valence-electron chi connectivity index (χ1n) is 6.27. The van der Waals surface area contributed by atoms with E-state index in [1.807, 2.05) is 19.1 Å². The van der Waals surface area contributed by atoms with E-state index >= 15 is 0 Å². The highest BCUT2D eigenvalue weighted by Gasteiger charge is 2.23. The maximum Gasteiger partial charge on any atom is 0.287 e. The fourth-order valence-electron chi connectivity index (χ4n) is 2.14. The molecular weight excluding hydrogens is 266 g/mol. The van der Waals surface area contributed by atoms with Crippen LogP contribution in [0.2, 0.25) is 0 Å². The normalized spacial score (nSPS) is 24.6. The first-order valence-corrected chi connectivity index (χ1v) is 9.13. The second-order valence-electron chi connectivity index (χ2n) is 4.64. The summed E-state index contributed by atoms with van der Waals surface area (Å²) in [7, 11) is -3.77. The molecule has 1 unspecified atom stereocenters. The van der Waals surface area contributed by atoms with Gasteiger partial charge in [0, 0.05) is 11.0 Å². The zero-order chi connectivity index (χ0) is 13.2. The Morgan fingerprint density at radius 2 is 2.00 bits per heavy atom. The number of aryl methyl sites for hydroxylation is 1. The van der Waals surface area contributed by atoms with Gasteiger partial charge in [0.15, 0.2) is 0 Å². The number of rotatable bonds is 3. The highest BCUT2D eigenvalue weighted by molar-refractivity contribution is 8.00. The van der Waals surface area contributed by atoms with E-state index in [1.165, 1.54) is 0 Å². The van der Waals surface area contributed by atoms with E-state index in [4.69, 9.17) is 0 Å². The Kier molecular flexibility index (Phi) is 4.22. The van der Waals surface area contributed by atoms with Crippen molar-refractivity contribution in [1.82, 2.24) is 0 Å². The summed E-state index contributed by atoms with van der Waals surface area (Å²) in [6, 6.07) is 6.93. The van der Waals surface area contributed by atoms with Crippen molar-refractivity contribution in [2.75, 3.05) is 5.75 Å². The zero-order valence-electron chi connectivity index (χ0n) is 10.8. The predicted molar refractivity (Wildman–Crippen MR) is 76.3 cm³/mol. The highest BCUT2D eigenvalue weighted by Crippen LogP contribution is 2.24. The summed E-state index contributed by atoms with van der Waals surface area (Å²) < 4.78 is 28.6. The average molecular weight is 285 g/mol. The van der Waals surface area contributed by atoms with Crippen molar-refractivity contribution in [3.63, 3.8) is 0 Å². The van der Waals surface area contributed by atoms with Gasteiger partial charge in [-0.2, -0.15) is 8.42 Å². The fraction of sp³-hybridized carbons (Fsp3) is 0.538. The maximum absolute atomic E-state index is 12.2. The Morgan fingerprint density at radius 1 is 1.33 bits per heavy atom. The molecule has 0 bridgehead atoms. The molecule has 1 aliphatic rings. The molecule has 2 rings (SSSR count).